The second kappa shape index (κ2) is 11.9. The molecule has 6 aliphatic rings. The number of aromatic amines is 2. The van der Waals surface area contributed by atoms with Crippen LogP contribution in [0.3, 0.4) is 0 Å². The highest BCUT2D eigenvalue weighted by Gasteiger charge is 2.42. The van der Waals surface area contributed by atoms with Crippen LogP contribution in [0.25, 0.3) is 21.8 Å². The highest BCUT2D eigenvalue weighted by molar-refractivity contribution is 5.87. The van der Waals surface area contributed by atoms with Gasteiger partial charge in [0.15, 0.2) is 0 Å². The van der Waals surface area contributed by atoms with E-state index in [1.807, 2.05) is 0 Å². The Labute approximate surface area is 273 Å². The molecule has 8 heteroatoms. The average molecular weight is 623 g/mol. The summed E-state index contributed by atoms with van der Waals surface area (Å²) in [6.07, 6.45) is 14.4. The van der Waals surface area contributed by atoms with Crippen LogP contribution in [0.4, 0.5) is 0 Å². The van der Waals surface area contributed by atoms with Gasteiger partial charge in [0.25, 0.3) is 0 Å². The Morgan fingerprint density at radius 2 is 1.04 bits per heavy atom. The molecule has 0 unspecified atom stereocenters. The van der Waals surface area contributed by atoms with Gasteiger partial charge in [0.1, 0.15) is 11.5 Å². The number of methoxy groups -OCH3 is 2. The third-order valence-electron chi connectivity index (χ3n) is 12.3. The number of fused-ring (bicyclic) bond motifs is 14. The molecule has 4 atom stereocenters. The van der Waals surface area contributed by atoms with Crippen molar-refractivity contribution in [1.29, 1.82) is 0 Å². The lowest BCUT2D eigenvalue weighted by atomic mass is 9.90. The van der Waals surface area contributed by atoms with Gasteiger partial charge in [0, 0.05) is 59.4 Å². The smallest absolute Gasteiger partial charge is 0.119 e. The van der Waals surface area contributed by atoms with Crippen LogP contribution >= 0.6 is 0 Å². The molecule has 8 nitrogen and oxygen atoms in total. The Bertz CT molecular complexity index is 1600. The third-order valence-corrected chi connectivity index (χ3v) is 12.3. The number of nitrogens with zero attached hydrogens (tertiary/aromatic N) is 4. The Balaban J connectivity index is 0.000000127. The fourth-order valence-corrected chi connectivity index (χ4v) is 10.1. The Morgan fingerprint density at radius 3 is 1.50 bits per heavy atom. The van der Waals surface area contributed by atoms with Crippen LogP contribution in [0.2, 0.25) is 0 Å². The van der Waals surface area contributed by atoms with Crippen molar-refractivity contribution < 1.29 is 9.47 Å². The summed E-state index contributed by atoms with van der Waals surface area (Å²) in [7, 11) is 3.50. The first-order valence-electron chi connectivity index (χ1n) is 18.1. The maximum atomic E-state index is 5.43. The molecule has 0 radical (unpaired) electrons. The first-order chi connectivity index (χ1) is 22.7. The zero-order valence-electron chi connectivity index (χ0n) is 27.7. The molecular formula is C38H50N6O2. The molecule has 46 heavy (non-hydrogen) atoms. The van der Waals surface area contributed by atoms with Crippen LogP contribution in [0.15, 0.2) is 36.4 Å². The maximum absolute atomic E-state index is 5.43. The normalized spacial score (nSPS) is 28.2. The minimum atomic E-state index is 0.580. The first kappa shape index (κ1) is 29.1. The fourth-order valence-electron chi connectivity index (χ4n) is 10.1. The van der Waals surface area contributed by atoms with E-state index in [-0.39, 0.29) is 0 Å². The highest BCUT2D eigenvalue weighted by atomic mass is 16.5. The van der Waals surface area contributed by atoms with Gasteiger partial charge in [-0.2, -0.15) is 0 Å². The van der Waals surface area contributed by atoms with Crippen molar-refractivity contribution in [3.63, 3.8) is 0 Å². The van der Waals surface area contributed by atoms with Crippen molar-refractivity contribution in [2.24, 2.45) is 0 Å². The molecule has 2 aromatic heterocycles. The predicted octanol–water partition coefficient (Wildman–Crippen LogP) is 6.58. The SMILES string of the molecule is COc1ccc2[nH]c3c(c2c1)CCN1[C@@H]3CCN2CCCC[C@H]21.COc1ccc2[nH]c3c(c2c1)CCN1[C@H]3CCN2CCCC[C@@H]21. The van der Waals surface area contributed by atoms with Gasteiger partial charge in [-0.25, -0.2) is 0 Å². The molecule has 244 valence electrons. The van der Waals surface area contributed by atoms with Crippen molar-refractivity contribution in [3.8, 4) is 11.5 Å². The van der Waals surface area contributed by atoms with Crippen LogP contribution < -0.4 is 9.47 Å². The van der Waals surface area contributed by atoms with Crippen molar-refractivity contribution in [2.45, 2.75) is 88.6 Å². The average Bonchev–Trinajstić information content (AvgIpc) is 3.69. The Hall–Kier alpha value is -3.04. The summed E-state index contributed by atoms with van der Waals surface area (Å²) in [4.78, 5) is 18.5. The number of ether oxygens (including phenoxy) is 2. The zero-order chi connectivity index (χ0) is 30.8. The fraction of sp³-hybridized carbons (Fsp3) is 0.579. The van der Waals surface area contributed by atoms with Gasteiger partial charge < -0.3 is 19.4 Å². The predicted molar refractivity (Wildman–Crippen MR) is 184 cm³/mol. The summed E-state index contributed by atoms with van der Waals surface area (Å²) < 4.78 is 10.9. The van der Waals surface area contributed by atoms with Crippen LogP contribution in [0.1, 0.15) is 86.0 Å². The van der Waals surface area contributed by atoms with Crippen LogP contribution in [0.5, 0.6) is 11.5 Å². The number of benzene rings is 2. The van der Waals surface area contributed by atoms with Gasteiger partial charge in [0.2, 0.25) is 0 Å². The van der Waals surface area contributed by atoms with Crippen molar-refractivity contribution in [1.82, 2.24) is 29.6 Å². The molecule has 0 aliphatic carbocycles. The number of hydrogen-bond donors (Lipinski definition) is 2. The summed E-state index contributed by atoms with van der Waals surface area (Å²) in [5, 5.41) is 2.73. The molecule has 6 aliphatic heterocycles. The quantitative estimate of drug-likeness (QED) is 0.263. The van der Waals surface area contributed by atoms with E-state index in [0.29, 0.717) is 24.4 Å². The Morgan fingerprint density at radius 1 is 0.565 bits per heavy atom. The van der Waals surface area contributed by atoms with E-state index in [9.17, 15) is 0 Å². The van der Waals surface area contributed by atoms with E-state index < -0.39 is 0 Å². The van der Waals surface area contributed by atoms with Crippen molar-refractivity contribution >= 4 is 21.8 Å². The summed E-state index contributed by atoms with van der Waals surface area (Å²) in [6, 6.07) is 14.0. The lowest BCUT2D eigenvalue weighted by Gasteiger charge is -2.52. The van der Waals surface area contributed by atoms with Crippen molar-refractivity contribution in [3.05, 3.63) is 58.9 Å². The van der Waals surface area contributed by atoms with E-state index in [4.69, 9.17) is 9.47 Å². The monoisotopic (exact) mass is 622 g/mol. The molecule has 2 N–H and O–H groups in total. The van der Waals surface area contributed by atoms with Crippen LogP contribution in [-0.4, -0.2) is 95.4 Å². The third kappa shape index (κ3) is 4.78. The second-order valence-electron chi connectivity index (χ2n) is 14.5. The zero-order valence-corrected chi connectivity index (χ0v) is 27.7. The van der Waals surface area contributed by atoms with Gasteiger partial charge in [-0.05, 0) is 125 Å². The molecule has 10 rings (SSSR count). The molecular weight excluding hydrogens is 572 g/mol. The molecule has 0 bridgehead atoms. The van der Waals surface area contributed by atoms with Gasteiger partial charge in [-0.15, -0.1) is 0 Å². The number of rotatable bonds is 2. The van der Waals surface area contributed by atoms with E-state index in [1.54, 1.807) is 14.2 Å². The highest BCUT2D eigenvalue weighted by Crippen LogP contribution is 2.44. The summed E-state index contributed by atoms with van der Waals surface area (Å²) in [6.45, 7) is 7.50. The van der Waals surface area contributed by atoms with E-state index in [0.717, 1.165) is 24.3 Å². The van der Waals surface area contributed by atoms with Gasteiger partial charge in [0.05, 0.1) is 38.6 Å². The maximum Gasteiger partial charge on any atom is 0.119 e. The number of H-pyrrole nitrogens is 2. The van der Waals surface area contributed by atoms with Crippen LogP contribution in [0, 0.1) is 0 Å². The van der Waals surface area contributed by atoms with Crippen molar-refractivity contribution in [2.75, 3.05) is 53.5 Å². The van der Waals surface area contributed by atoms with Gasteiger partial charge in [-0.3, -0.25) is 19.6 Å². The second-order valence-corrected chi connectivity index (χ2v) is 14.5. The molecule has 2 aromatic carbocycles. The van der Waals surface area contributed by atoms with E-state index >= 15 is 0 Å². The minimum Gasteiger partial charge on any atom is -0.497 e. The van der Waals surface area contributed by atoms with E-state index in [2.05, 4.69) is 66.0 Å². The molecule has 0 spiro atoms. The largest absolute Gasteiger partial charge is 0.497 e. The summed E-state index contributed by atoms with van der Waals surface area (Å²) >= 11 is 0. The topological polar surface area (TPSA) is 63.0 Å². The van der Waals surface area contributed by atoms with Gasteiger partial charge in [-0.1, -0.05) is 0 Å². The standard InChI is InChI=1S/2C19H25N3O/c2*1-23-13-5-6-16-15(12-13)14-7-11-22-17(19(14)20-16)8-10-21-9-3-2-4-18(21)22/h2*5-6,12,17-18,20H,2-4,7-11H2,1H3/t2*17-,18-/m10/s1. The lowest BCUT2D eigenvalue weighted by Crippen LogP contribution is -2.58. The number of piperidine rings is 2. The first-order valence-corrected chi connectivity index (χ1v) is 18.1. The summed E-state index contributed by atoms with van der Waals surface area (Å²) in [5.74, 6) is 1.92. The number of nitrogens with one attached hydrogen (secondary N) is 2. The number of hydrogen-bond acceptors (Lipinski definition) is 6. The Kier molecular flexibility index (Phi) is 7.53. The molecule has 4 fully saturated rings. The molecule has 4 aromatic rings. The number of aromatic nitrogens is 2. The lowest BCUT2D eigenvalue weighted by molar-refractivity contribution is -0.0600. The summed E-state index contributed by atoms with van der Waals surface area (Å²) in [5.41, 5.74) is 8.55. The minimum absolute atomic E-state index is 0.580. The molecule has 8 heterocycles. The molecule has 0 amide bonds. The van der Waals surface area contributed by atoms with Crippen LogP contribution in [-0.2, 0) is 12.8 Å². The molecule has 0 saturated carbocycles. The van der Waals surface area contributed by atoms with Gasteiger partial charge >= 0.3 is 0 Å². The van der Waals surface area contributed by atoms with E-state index in [1.165, 1.54) is 135 Å². The molecule has 4 saturated heterocycles.